The molecule has 0 aliphatic carbocycles. The maximum atomic E-state index is 11.6. The fourth-order valence-corrected chi connectivity index (χ4v) is 2.56. The monoisotopic (exact) mass is 307 g/mol. The van der Waals surface area contributed by atoms with Gasteiger partial charge in [0.05, 0.1) is 11.0 Å². The van der Waals surface area contributed by atoms with Gasteiger partial charge in [-0.05, 0) is 19.1 Å². The molecule has 0 radical (unpaired) electrons. The van der Waals surface area contributed by atoms with Gasteiger partial charge in [-0.15, -0.1) is 0 Å². The van der Waals surface area contributed by atoms with Gasteiger partial charge < -0.3 is 16.0 Å². The van der Waals surface area contributed by atoms with Gasteiger partial charge in [-0.2, -0.15) is 0 Å². The molecule has 7 heteroatoms. The normalized spacial score (nSPS) is 17.3. The lowest BCUT2D eigenvalue weighted by atomic mass is 10.2. The highest BCUT2D eigenvalue weighted by Crippen LogP contribution is 2.17. The molecule has 2 rings (SSSR count). The van der Waals surface area contributed by atoms with Crippen molar-refractivity contribution in [3.63, 3.8) is 0 Å². The molecule has 6 nitrogen and oxygen atoms in total. The standard InChI is InChI=1S/C14H21N5OS/c1-10(13(15)21)18-5-7-19(8-6-18)11-3-4-17-12(9-11)14(20)16-2/h3-4,9-10H,5-8H2,1-2H3,(H2,15,21)(H,16,20). The van der Waals surface area contributed by atoms with Gasteiger partial charge in [0.15, 0.2) is 0 Å². The van der Waals surface area contributed by atoms with Crippen molar-refractivity contribution in [2.24, 2.45) is 5.73 Å². The lowest BCUT2D eigenvalue weighted by molar-refractivity contribution is 0.0958. The number of hydrogen-bond acceptors (Lipinski definition) is 5. The Kier molecular flexibility index (Phi) is 5.08. The van der Waals surface area contributed by atoms with Crippen LogP contribution in [-0.2, 0) is 0 Å². The van der Waals surface area contributed by atoms with E-state index in [2.05, 4.69) is 20.1 Å². The Bertz CT molecular complexity index is 528. The predicted molar refractivity (Wildman–Crippen MR) is 87.7 cm³/mol. The maximum absolute atomic E-state index is 11.6. The first-order valence-electron chi connectivity index (χ1n) is 6.99. The Balaban J connectivity index is 2.02. The van der Waals surface area contributed by atoms with Crippen LogP contribution >= 0.6 is 12.2 Å². The molecule has 1 aliphatic heterocycles. The third-order valence-corrected chi connectivity index (χ3v) is 4.18. The summed E-state index contributed by atoms with van der Waals surface area (Å²) >= 11 is 5.05. The molecule has 2 heterocycles. The van der Waals surface area contributed by atoms with E-state index in [1.165, 1.54) is 0 Å². The average Bonchev–Trinajstić information content (AvgIpc) is 2.53. The summed E-state index contributed by atoms with van der Waals surface area (Å²) < 4.78 is 0. The number of carbonyl (C=O) groups is 1. The summed E-state index contributed by atoms with van der Waals surface area (Å²) in [7, 11) is 1.60. The zero-order valence-electron chi connectivity index (χ0n) is 12.4. The third-order valence-electron chi connectivity index (χ3n) is 3.84. The Hall–Kier alpha value is -1.73. The number of anilines is 1. The summed E-state index contributed by atoms with van der Waals surface area (Å²) in [5.74, 6) is -0.169. The van der Waals surface area contributed by atoms with Crippen molar-refractivity contribution < 1.29 is 4.79 Å². The highest BCUT2D eigenvalue weighted by Gasteiger charge is 2.23. The van der Waals surface area contributed by atoms with Crippen LogP contribution in [0.25, 0.3) is 0 Å². The molecule has 1 aromatic rings. The van der Waals surface area contributed by atoms with Gasteiger partial charge in [-0.3, -0.25) is 14.7 Å². The van der Waals surface area contributed by atoms with Gasteiger partial charge >= 0.3 is 0 Å². The minimum atomic E-state index is -0.169. The predicted octanol–water partition coefficient (Wildman–Crippen LogP) is 0.238. The summed E-state index contributed by atoms with van der Waals surface area (Å²) in [5.41, 5.74) is 7.16. The molecule has 1 aliphatic rings. The molecule has 1 aromatic heterocycles. The molecule has 114 valence electrons. The Morgan fingerprint density at radius 2 is 2.10 bits per heavy atom. The van der Waals surface area contributed by atoms with Crippen LogP contribution in [0.4, 0.5) is 5.69 Å². The number of aromatic nitrogens is 1. The SMILES string of the molecule is CNC(=O)c1cc(N2CCN(C(C)C(N)=S)CC2)ccn1. The number of pyridine rings is 1. The van der Waals surface area contributed by atoms with E-state index in [4.69, 9.17) is 18.0 Å². The topological polar surface area (TPSA) is 74.5 Å². The zero-order chi connectivity index (χ0) is 15.4. The number of carbonyl (C=O) groups excluding carboxylic acids is 1. The molecule has 0 aromatic carbocycles. The van der Waals surface area contributed by atoms with Crippen molar-refractivity contribution in [2.45, 2.75) is 13.0 Å². The van der Waals surface area contributed by atoms with Crippen molar-refractivity contribution in [1.29, 1.82) is 0 Å². The molecular weight excluding hydrogens is 286 g/mol. The van der Waals surface area contributed by atoms with Crippen molar-refractivity contribution >= 4 is 28.8 Å². The fraction of sp³-hybridized carbons (Fsp3) is 0.500. The molecule has 1 unspecified atom stereocenters. The quantitative estimate of drug-likeness (QED) is 0.776. The number of hydrogen-bond donors (Lipinski definition) is 2. The van der Waals surface area contributed by atoms with E-state index in [1.807, 2.05) is 19.1 Å². The molecule has 1 saturated heterocycles. The second-order valence-electron chi connectivity index (χ2n) is 5.08. The van der Waals surface area contributed by atoms with E-state index in [0.717, 1.165) is 31.9 Å². The van der Waals surface area contributed by atoms with Crippen LogP contribution in [0.1, 0.15) is 17.4 Å². The molecule has 0 saturated carbocycles. The Morgan fingerprint density at radius 3 is 2.67 bits per heavy atom. The molecule has 0 spiro atoms. The molecule has 1 atom stereocenters. The fourth-order valence-electron chi connectivity index (χ4n) is 2.42. The van der Waals surface area contributed by atoms with Gasteiger partial charge in [0, 0.05) is 45.1 Å². The van der Waals surface area contributed by atoms with Crippen molar-refractivity contribution in [2.75, 3.05) is 38.1 Å². The van der Waals surface area contributed by atoms with E-state index in [0.29, 0.717) is 10.7 Å². The van der Waals surface area contributed by atoms with Crippen LogP contribution in [0.2, 0.25) is 0 Å². The van der Waals surface area contributed by atoms with Gasteiger partial charge in [-0.1, -0.05) is 12.2 Å². The molecule has 1 amide bonds. The summed E-state index contributed by atoms with van der Waals surface area (Å²) in [6, 6.07) is 3.88. The summed E-state index contributed by atoms with van der Waals surface area (Å²) in [6.45, 7) is 5.59. The number of piperazine rings is 1. The summed E-state index contributed by atoms with van der Waals surface area (Å²) in [4.78, 5) is 20.8. The first-order valence-corrected chi connectivity index (χ1v) is 7.40. The smallest absolute Gasteiger partial charge is 0.269 e. The van der Waals surface area contributed by atoms with E-state index >= 15 is 0 Å². The third kappa shape index (κ3) is 3.68. The largest absolute Gasteiger partial charge is 0.392 e. The second-order valence-corrected chi connectivity index (χ2v) is 5.55. The molecule has 21 heavy (non-hydrogen) atoms. The molecular formula is C14H21N5OS. The van der Waals surface area contributed by atoms with E-state index < -0.39 is 0 Å². The van der Waals surface area contributed by atoms with Gasteiger partial charge in [0.25, 0.3) is 5.91 Å². The zero-order valence-corrected chi connectivity index (χ0v) is 13.2. The van der Waals surface area contributed by atoms with Gasteiger partial charge in [-0.25, -0.2) is 0 Å². The van der Waals surface area contributed by atoms with Crippen LogP contribution < -0.4 is 16.0 Å². The number of rotatable bonds is 4. The molecule has 0 bridgehead atoms. The minimum absolute atomic E-state index is 0.126. The number of thiocarbonyl (C=S) groups is 1. The number of nitrogens with one attached hydrogen (secondary N) is 1. The van der Waals surface area contributed by atoms with E-state index in [-0.39, 0.29) is 11.9 Å². The van der Waals surface area contributed by atoms with Gasteiger partial charge in [0.1, 0.15) is 5.69 Å². The second kappa shape index (κ2) is 6.82. The summed E-state index contributed by atoms with van der Waals surface area (Å²) in [5, 5.41) is 2.59. The van der Waals surface area contributed by atoms with E-state index in [9.17, 15) is 4.79 Å². The van der Waals surface area contributed by atoms with Crippen LogP contribution in [0.15, 0.2) is 18.3 Å². The molecule has 3 N–H and O–H groups in total. The highest BCUT2D eigenvalue weighted by atomic mass is 32.1. The Morgan fingerprint density at radius 1 is 1.43 bits per heavy atom. The minimum Gasteiger partial charge on any atom is -0.392 e. The Labute approximate surface area is 130 Å². The number of nitrogens with zero attached hydrogens (tertiary/aromatic N) is 3. The van der Waals surface area contributed by atoms with Gasteiger partial charge in [0.2, 0.25) is 0 Å². The van der Waals surface area contributed by atoms with Crippen LogP contribution in [-0.4, -0.2) is 60.0 Å². The average molecular weight is 307 g/mol. The summed E-state index contributed by atoms with van der Waals surface area (Å²) in [6.07, 6.45) is 1.67. The van der Waals surface area contributed by atoms with E-state index in [1.54, 1.807) is 13.2 Å². The number of nitrogens with two attached hydrogens (primary N) is 1. The van der Waals surface area contributed by atoms with Crippen LogP contribution in [0.5, 0.6) is 0 Å². The first kappa shape index (κ1) is 15.7. The highest BCUT2D eigenvalue weighted by molar-refractivity contribution is 7.80. The molecule has 1 fully saturated rings. The lowest BCUT2D eigenvalue weighted by Crippen LogP contribution is -2.52. The lowest BCUT2D eigenvalue weighted by Gasteiger charge is -2.38. The van der Waals surface area contributed by atoms with Crippen LogP contribution in [0, 0.1) is 0 Å². The first-order chi connectivity index (χ1) is 10.0. The van der Waals surface area contributed by atoms with Crippen molar-refractivity contribution in [1.82, 2.24) is 15.2 Å². The van der Waals surface area contributed by atoms with Crippen molar-refractivity contribution in [3.8, 4) is 0 Å². The van der Waals surface area contributed by atoms with Crippen LogP contribution in [0.3, 0.4) is 0 Å². The van der Waals surface area contributed by atoms with Crippen molar-refractivity contribution in [3.05, 3.63) is 24.0 Å². The number of amides is 1. The maximum Gasteiger partial charge on any atom is 0.269 e.